The molecule has 1 aromatic carbocycles. The van der Waals surface area contributed by atoms with E-state index in [2.05, 4.69) is 4.18 Å². The first-order valence-corrected chi connectivity index (χ1v) is 4.66. The van der Waals surface area contributed by atoms with Crippen molar-refractivity contribution in [1.82, 2.24) is 0 Å². The second kappa shape index (κ2) is 4.55. The lowest BCUT2D eigenvalue weighted by Gasteiger charge is -1.98. The molecule has 1 aromatic rings. The van der Waals surface area contributed by atoms with Crippen LogP contribution in [0.5, 0.6) is 0 Å². The fraction of sp³-hybridized carbons (Fsp3) is 0. The van der Waals surface area contributed by atoms with Crippen molar-refractivity contribution in [2.75, 3.05) is 0 Å². The summed E-state index contributed by atoms with van der Waals surface area (Å²) < 4.78 is 36.9. The zero-order chi connectivity index (χ0) is 9.84. The first-order valence-electron chi connectivity index (χ1n) is 3.19. The van der Waals surface area contributed by atoms with Crippen LogP contribution >= 0.6 is 11.6 Å². The Morgan fingerprint density at radius 1 is 1.46 bits per heavy atom. The third-order valence-corrected chi connectivity index (χ3v) is 1.80. The molecule has 0 aliphatic heterocycles. The van der Waals surface area contributed by atoms with Gasteiger partial charge in [-0.05, 0) is 17.7 Å². The molecule has 0 fully saturated rings. The second-order valence-electron chi connectivity index (χ2n) is 2.12. The van der Waals surface area contributed by atoms with Crippen molar-refractivity contribution in [3.63, 3.8) is 0 Å². The largest absolute Gasteiger partial charge is 0.261 e. The molecule has 0 bridgehead atoms. The lowest BCUT2D eigenvalue weighted by atomic mass is 10.2. The summed E-state index contributed by atoms with van der Waals surface area (Å²) in [7, 11) is -2.95. The lowest BCUT2D eigenvalue weighted by Crippen LogP contribution is -1.89. The number of rotatable bonds is 3. The van der Waals surface area contributed by atoms with Crippen LogP contribution in [0.2, 0.25) is 5.02 Å². The molecule has 0 aliphatic carbocycles. The summed E-state index contributed by atoms with van der Waals surface area (Å²) in [5.74, 6) is -0.625. The number of thiol groups is 1. The zero-order valence-electron chi connectivity index (χ0n) is 6.24. The predicted octanol–water partition coefficient (Wildman–Crippen LogP) is 1.53. The highest BCUT2D eigenvalue weighted by Gasteiger charge is 2.01. The lowest BCUT2D eigenvalue weighted by molar-refractivity contribution is 0.428. The van der Waals surface area contributed by atoms with E-state index in [1.54, 1.807) is 0 Å². The van der Waals surface area contributed by atoms with Gasteiger partial charge < -0.3 is 0 Å². The monoisotopic (exact) mass is 223 g/mol. The molecule has 1 radical (unpaired) electrons. The molecule has 3 nitrogen and oxygen atoms in total. The Morgan fingerprint density at radius 2 is 2.15 bits per heavy atom. The van der Waals surface area contributed by atoms with Gasteiger partial charge in [-0.1, -0.05) is 17.7 Å². The van der Waals surface area contributed by atoms with Crippen molar-refractivity contribution in [2.24, 2.45) is 0 Å². The molecule has 0 aliphatic rings. The summed E-state index contributed by atoms with van der Waals surface area (Å²) in [4.78, 5) is 0. The van der Waals surface area contributed by atoms with Gasteiger partial charge in [0.1, 0.15) is 12.4 Å². The topological polar surface area (TPSA) is 43.4 Å². The smallest absolute Gasteiger partial charge is 0.257 e. The van der Waals surface area contributed by atoms with Crippen molar-refractivity contribution < 1.29 is 17.0 Å². The molecule has 0 aromatic heterocycles. The molecule has 0 amide bonds. The standard InChI is InChI=1S/C7H5ClFO3S/c8-6-2-1-5(3-7(6)9)4-12-13(10)11/h1-4,13H. The molecule has 13 heavy (non-hydrogen) atoms. The highest BCUT2D eigenvalue weighted by atomic mass is 35.5. The third-order valence-electron chi connectivity index (χ3n) is 1.22. The van der Waals surface area contributed by atoms with Crippen LogP contribution in [0.3, 0.4) is 0 Å². The van der Waals surface area contributed by atoms with E-state index >= 15 is 0 Å². The number of hydrogen-bond donors (Lipinski definition) is 1. The molecular formula is C7H5ClFO3S. The Hall–Kier alpha value is -0.650. The van der Waals surface area contributed by atoms with Crippen LogP contribution in [0.25, 0.3) is 0 Å². The van der Waals surface area contributed by atoms with Crippen LogP contribution in [0.1, 0.15) is 5.56 Å². The van der Waals surface area contributed by atoms with E-state index in [1.807, 2.05) is 0 Å². The Bertz CT molecular complexity index is 370. The van der Waals surface area contributed by atoms with E-state index in [0.29, 0.717) is 5.56 Å². The Balaban J connectivity index is 2.74. The molecule has 0 spiro atoms. The van der Waals surface area contributed by atoms with Gasteiger partial charge in [0.2, 0.25) is 0 Å². The van der Waals surface area contributed by atoms with Crippen LogP contribution in [-0.4, -0.2) is 8.42 Å². The van der Waals surface area contributed by atoms with E-state index in [9.17, 15) is 12.8 Å². The van der Waals surface area contributed by atoms with E-state index in [-0.39, 0.29) is 5.02 Å². The first kappa shape index (κ1) is 10.4. The molecular weight excluding hydrogens is 219 g/mol. The van der Waals surface area contributed by atoms with Gasteiger partial charge in [0.25, 0.3) is 11.0 Å². The molecule has 0 saturated heterocycles. The summed E-state index contributed by atoms with van der Waals surface area (Å²) in [6.45, 7) is 0.922. The van der Waals surface area contributed by atoms with Crippen molar-refractivity contribution in [3.8, 4) is 0 Å². The van der Waals surface area contributed by atoms with Crippen molar-refractivity contribution in [1.29, 1.82) is 0 Å². The molecule has 6 heteroatoms. The Morgan fingerprint density at radius 3 is 2.69 bits per heavy atom. The van der Waals surface area contributed by atoms with E-state index in [4.69, 9.17) is 11.6 Å². The maximum atomic E-state index is 12.7. The average molecular weight is 224 g/mol. The van der Waals surface area contributed by atoms with Crippen LogP contribution in [0.15, 0.2) is 18.2 Å². The summed E-state index contributed by atoms with van der Waals surface area (Å²) in [6, 6.07) is 3.81. The number of halogens is 2. The quantitative estimate of drug-likeness (QED) is 0.791. The Labute approximate surface area is 81.2 Å². The SMILES string of the molecule is O=[SH](=O)O[CH]c1ccc(Cl)c(F)c1. The van der Waals surface area contributed by atoms with E-state index < -0.39 is 16.8 Å². The minimum absolute atomic E-state index is 0.0244. The Kier molecular flexibility index (Phi) is 3.65. The van der Waals surface area contributed by atoms with Crippen molar-refractivity contribution in [3.05, 3.63) is 41.2 Å². The minimum atomic E-state index is -2.95. The van der Waals surface area contributed by atoms with Gasteiger partial charge in [0.15, 0.2) is 0 Å². The van der Waals surface area contributed by atoms with Gasteiger partial charge in [0, 0.05) is 0 Å². The molecule has 0 saturated carbocycles. The summed E-state index contributed by atoms with van der Waals surface area (Å²) in [5, 5.41) is -0.0244. The number of benzene rings is 1. The molecule has 0 unspecified atom stereocenters. The van der Waals surface area contributed by atoms with Gasteiger partial charge in [-0.25, -0.2) is 12.8 Å². The fourth-order valence-corrected chi connectivity index (χ4v) is 1.01. The van der Waals surface area contributed by atoms with Crippen molar-refractivity contribution >= 4 is 22.6 Å². The molecule has 0 N–H and O–H groups in total. The predicted molar refractivity (Wildman–Crippen MR) is 46.2 cm³/mol. The van der Waals surface area contributed by atoms with Gasteiger partial charge >= 0.3 is 0 Å². The summed E-state index contributed by atoms with van der Waals surface area (Å²) in [5.41, 5.74) is 0.293. The minimum Gasteiger partial charge on any atom is -0.261 e. The van der Waals surface area contributed by atoms with E-state index in [1.165, 1.54) is 12.1 Å². The van der Waals surface area contributed by atoms with Gasteiger partial charge in [-0.3, -0.25) is 4.18 Å². The molecule has 1 rings (SSSR count). The maximum absolute atomic E-state index is 12.7. The van der Waals surface area contributed by atoms with Crippen LogP contribution in [0, 0.1) is 12.4 Å². The van der Waals surface area contributed by atoms with Crippen LogP contribution < -0.4 is 0 Å². The van der Waals surface area contributed by atoms with E-state index in [0.717, 1.165) is 12.7 Å². The van der Waals surface area contributed by atoms with Gasteiger partial charge in [0.05, 0.1) is 5.02 Å². The second-order valence-corrected chi connectivity index (χ2v) is 3.19. The third kappa shape index (κ3) is 3.30. The normalized spacial score (nSPS) is 10.7. The summed E-state index contributed by atoms with van der Waals surface area (Å²) >= 11 is 5.39. The van der Waals surface area contributed by atoms with Crippen LogP contribution in [0.4, 0.5) is 4.39 Å². The molecule has 0 atom stereocenters. The highest BCUT2D eigenvalue weighted by molar-refractivity contribution is 7.67. The zero-order valence-corrected chi connectivity index (χ0v) is 7.89. The average Bonchev–Trinajstić information content (AvgIpc) is 2.07. The summed E-state index contributed by atoms with van der Waals surface area (Å²) in [6.07, 6.45) is 0. The molecule has 71 valence electrons. The number of hydrogen-bond acceptors (Lipinski definition) is 3. The fourth-order valence-electron chi connectivity index (χ4n) is 0.690. The molecule has 0 heterocycles. The maximum Gasteiger partial charge on any atom is 0.257 e. The van der Waals surface area contributed by atoms with Crippen LogP contribution in [-0.2, 0) is 15.2 Å². The highest BCUT2D eigenvalue weighted by Crippen LogP contribution is 2.16. The van der Waals surface area contributed by atoms with Crippen molar-refractivity contribution in [2.45, 2.75) is 0 Å². The van der Waals surface area contributed by atoms with Gasteiger partial charge in [-0.15, -0.1) is 0 Å². The first-order chi connectivity index (χ1) is 6.09. The van der Waals surface area contributed by atoms with Gasteiger partial charge in [-0.2, -0.15) is 0 Å².